The molecule has 1 aliphatic carbocycles. The van der Waals surface area contributed by atoms with E-state index in [9.17, 15) is 9.18 Å². The molecule has 1 aliphatic heterocycles. The molecule has 2 atom stereocenters. The summed E-state index contributed by atoms with van der Waals surface area (Å²) in [4.78, 5) is 19.1. The van der Waals surface area contributed by atoms with Gasteiger partial charge < -0.3 is 10.1 Å². The molecule has 0 saturated heterocycles. The number of nitrogens with zero attached hydrogens (tertiary/aromatic N) is 2. The number of carbonyl (C=O) groups is 1. The molecule has 3 rings (SSSR count). The summed E-state index contributed by atoms with van der Waals surface area (Å²) in [7, 11) is 0. The van der Waals surface area contributed by atoms with Crippen molar-refractivity contribution in [3.63, 3.8) is 0 Å². The molecule has 1 amide bonds. The van der Waals surface area contributed by atoms with E-state index in [1.54, 1.807) is 17.0 Å². The van der Waals surface area contributed by atoms with E-state index in [0.717, 1.165) is 31.2 Å². The lowest BCUT2D eigenvalue weighted by atomic mass is 9.91. The Bertz CT molecular complexity index is 652. The molecule has 0 bridgehead atoms. The van der Waals surface area contributed by atoms with Crippen LogP contribution in [0, 0.1) is 5.82 Å². The zero-order valence-corrected chi connectivity index (χ0v) is 15.1. The Morgan fingerprint density at radius 1 is 1.28 bits per heavy atom. The lowest BCUT2D eigenvalue weighted by Gasteiger charge is -2.33. The largest absolute Gasteiger partial charge is 0.443 e. The Morgan fingerprint density at radius 3 is 2.64 bits per heavy atom. The van der Waals surface area contributed by atoms with E-state index >= 15 is 0 Å². The number of hydrogen-bond acceptors (Lipinski definition) is 4. The van der Waals surface area contributed by atoms with Gasteiger partial charge in [0.2, 0.25) is 5.96 Å². The summed E-state index contributed by atoms with van der Waals surface area (Å²) >= 11 is 0. The number of aliphatic imine (C=N–C) groups is 1. The molecule has 5 nitrogen and oxygen atoms in total. The van der Waals surface area contributed by atoms with Gasteiger partial charge in [-0.15, -0.1) is 0 Å². The number of fused-ring (bicyclic) bond motifs is 1. The number of halogens is 1. The molecule has 1 aromatic rings. The number of hydrogen-bond donors (Lipinski definition) is 1. The molecule has 1 fully saturated rings. The lowest BCUT2D eigenvalue weighted by Crippen LogP contribution is -2.50. The summed E-state index contributed by atoms with van der Waals surface area (Å²) in [5.41, 5.74) is 0.384. The smallest absolute Gasteiger partial charge is 0.417 e. The van der Waals surface area contributed by atoms with E-state index in [0.29, 0.717) is 12.5 Å². The van der Waals surface area contributed by atoms with E-state index in [4.69, 9.17) is 9.73 Å². The maximum atomic E-state index is 13.0. The fourth-order valence-corrected chi connectivity index (χ4v) is 3.37. The molecule has 0 aromatic heterocycles. The predicted octanol–water partition coefficient (Wildman–Crippen LogP) is 3.83. The molecule has 6 heteroatoms. The van der Waals surface area contributed by atoms with Crippen LogP contribution in [0.5, 0.6) is 0 Å². The van der Waals surface area contributed by atoms with Crippen molar-refractivity contribution in [2.45, 2.75) is 70.7 Å². The second kappa shape index (κ2) is 7.02. The van der Waals surface area contributed by atoms with Gasteiger partial charge in [0.15, 0.2) is 0 Å². The maximum Gasteiger partial charge on any atom is 0.417 e. The number of guanidine groups is 1. The summed E-state index contributed by atoms with van der Waals surface area (Å²) in [6.45, 7) is 6.07. The molecule has 1 aromatic carbocycles. The van der Waals surface area contributed by atoms with E-state index in [1.807, 2.05) is 20.8 Å². The zero-order valence-electron chi connectivity index (χ0n) is 15.1. The van der Waals surface area contributed by atoms with Crippen molar-refractivity contribution in [3.05, 3.63) is 35.6 Å². The fraction of sp³-hybridized carbons (Fsp3) is 0.579. The molecule has 25 heavy (non-hydrogen) atoms. The van der Waals surface area contributed by atoms with Crippen LogP contribution in [0.15, 0.2) is 29.3 Å². The van der Waals surface area contributed by atoms with Crippen LogP contribution in [0.2, 0.25) is 0 Å². The molecule has 0 spiro atoms. The first-order valence-corrected chi connectivity index (χ1v) is 8.92. The summed E-state index contributed by atoms with van der Waals surface area (Å²) < 4.78 is 18.6. The summed E-state index contributed by atoms with van der Waals surface area (Å²) in [5, 5.41) is 3.24. The molecule has 136 valence electrons. The first-order valence-electron chi connectivity index (χ1n) is 8.92. The van der Waals surface area contributed by atoms with E-state index in [1.165, 1.54) is 12.1 Å². The van der Waals surface area contributed by atoms with Crippen LogP contribution in [-0.4, -0.2) is 34.6 Å². The Morgan fingerprint density at radius 2 is 1.96 bits per heavy atom. The standard InChI is InChI=1S/C19H26FN3O2/c1-19(2,3)25-18(24)23-16-7-5-4-6-15(16)22-17(23)21-12-13-8-10-14(20)11-9-13/h8-11,15-16H,4-7,12H2,1-3H3,(H,21,22)/t15-,16+/m0/s1. The van der Waals surface area contributed by atoms with Crippen LogP contribution in [-0.2, 0) is 11.3 Å². The van der Waals surface area contributed by atoms with Gasteiger partial charge in [-0.2, -0.15) is 0 Å². The summed E-state index contributed by atoms with van der Waals surface area (Å²) in [6.07, 6.45) is 3.81. The van der Waals surface area contributed by atoms with Gasteiger partial charge in [0.25, 0.3) is 0 Å². The van der Waals surface area contributed by atoms with E-state index < -0.39 is 5.60 Å². The average Bonchev–Trinajstić information content (AvgIpc) is 2.91. The molecule has 0 radical (unpaired) electrons. The van der Waals surface area contributed by atoms with Crippen LogP contribution in [0.25, 0.3) is 0 Å². The van der Waals surface area contributed by atoms with Crippen molar-refractivity contribution in [3.8, 4) is 0 Å². The molecular formula is C19H26FN3O2. The van der Waals surface area contributed by atoms with Gasteiger partial charge in [0.05, 0.1) is 12.1 Å². The maximum absolute atomic E-state index is 13.0. The van der Waals surface area contributed by atoms with Gasteiger partial charge in [0.1, 0.15) is 11.4 Å². The highest BCUT2D eigenvalue weighted by molar-refractivity contribution is 5.96. The highest BCUT2D eigenvalue weighted by atomic mass is 19.1. The second-order valence-corrected chi connectivity index (χ2v) is 7.70. The molecular weight excluding hydrogens is 321 g/mol. The Kier molecular flexibility index (Phi) is 4.97. The third kappa shape index (κ3) is 4.30. The van der Waals surface area contributed by atoms with Gasteiger partial charge in [-0.3, -0.25) is 0 Å². The third-order valence-corrected chi connectivity index (χ3v) is 4.50. The van der Waals surface area contributed by atoms with Crippen molar-refractivity contribution in [1.29, 1.82) is 0 Å². The number of ether oxygens (including phenoxy) is 1. The Labute approximate surface area is 148 Å². The zero-order chi connectivity index (χ0) is 18.0. The highest BCUT2D eigenvalue weighted by Gasteiger charge is 2.42. The van der Waals surface area contributed by atoms with Crippen molar-refractivity contribution in [2.75, 3.05) is 0 Å². The Hall–Kier alpha value is -2.11. The first kappa shape index (κ1) is 17.7. The normalized spacial score (nSPS) is 23.0. The summed E-state index contributed by atoms with van der Waals surface area (Å²) in [6, 6.07) is 6.51. The van der Waals surface area contributed by atoms with Gasteiger partial charge in [-0.05, 0) is 51.3 Å². The molecule has 1 heterocycles. The van der Waals surface area contributed by atoms with Crippen molar-refractivity contribution in [2.24, 2.45) is 4.99 Å². The van der Waals surface area contributed by atoms with Gasteiger partial charge in [-0.25, -0.2) is 19.1 Å². The monoisotopic (exact) mass is 347 g/mol. The van der Waals surface area contributed by atoms with Gasteiger partial charge in [0, 0.05) is 6.54 Å². The Balaban J connectivity index is 1.74. The average molecular weight is 347 g/mol. The first-order chi connectivity index (χ1) is 11.8. The number of amides is 1. The van der Waals surface area contributed by atoms with E-state index in [-0.39, 0.29) is 24.0 Å². The SMILES string of the molecule is CC(C)(C)OC(=O)N1C(NCc2ccc(F)cc2)=N[C@H]2CCCC[C@H]21. The predicted molar refractivity (Wildman–Crippen MR) is 94.8 cm³/mol. The van der Waals surface area contributed by atoms with Crippen LogP contribution in [0.3, 0.4) is 0 Å². The second-order valence-electron chi connectivity index (χ2n) is 7.70. The van der Waals surface area contributed by atoms with Crippen LogP contribution < -0.4 is 5.32 Å². The number of rotatable bonds is 2. The van der Waals surface area contributed by atoms with Gasteiger partial charge >= 0.3 is 6.09 Å². The lowest BCUT2D eigenvalue weighted by molar-refractivity contribution is 0.0292. The minimum absolute atomic E-state index is 0.0688. The summed E-state index contributed by atoms with van der Waals surface area (Å²) in [5.74, 6) is 0.304. The van der Waals surface area contributed by atoms with Crippen LogP contribution in [0.1, 0.15) is 52.0 Å². The highest BCUT2D eigenvalue weighted by Crippen LogP contribution is 2.31. The molecule has 1 N–H and O–H groups in total. The fourth-order valence-electron chi connectivity index (χ4n) is 3.37. The molecule has 1 saturated carbocycles. The van der Waals surface area contributed by atoms with Crippen molar-refractivity contribution < 1.29 is 13.9 Å². The third-order valence-electron chi connectivity index (χ3n) is 4.50. The van der Waals surface area contributed by atoms with Crippen LogP contribution >= 0.6 is 0 Å². The number of benzene rings is 1. The van der Waals surface area contributed by atoms with Crippen molar-refractivity contribution >= 4 is 12.1 Å². The number of carbonyl (C=O) groups excluding carboxylic acids is 1. The van der Waals surface area contributed by atoms with Crippen LogP contribution in [0.4, 0.5) is 9.18 Å². The van der Waals surface area contributed by atoms with Crippen molar-refractivity contribution in [1.82, 2.24) is 10.2 Å². The minimum atomic E-state index is -0.550. The van der Waals surface area contributed by atoms with Gasteiger partial charge in [-0.1, -0.05) is 25.0 Å². The molecule has 2 aliphatic rings. The number of nitrogens with one attached hydrogen (secondary N) is 1. The topological polar surface area (TPSA) is 53.9 Å². The van der Waals surface area contributed by atoms with E-state index in [2.05, 4.69) is 5.32 Å². The minimum Gasteiger partial charge on any atom is -0.443 e. The molecule has 0 unspecified atom stereocenters. The quantitative estimate of drug-likeness (QED) is 0.884.